The van der Waals surface area contributed by atoms with Crippen molar-refractivity contribution in [2.24, 2.45) is 5.92 Å². The molecule has 0 aliphatic carbocycles. The fourth-order valence-corrected chi connectivity index (χ4v) is 2.70. The summed E-state index contributed by atoms with van der Waals surface area (Å²) in [4.78, 5) is 2.50. The summed E-state index contributed by atoms with van der Waals surface area (Å²) in [7, 11) is 1.73. The minimum Gasteiger partial charge on any atom is -0.497 e. The number of hydrogen-bond acceptors (Lipinski definition) is 3. The first-order chi connectivity index (χ1) is 9.22. The molecule has 1 N–H and O–H groups in total. The average molecular weight is 262 g/mol. The Morgan fingerprint density at radius 3 is 3.00 bits per heavy atom. The van der Waals surface area contributed by atoms with Gasteiger partial charge in [0.1, 0.15) is 5.75 Å². The molecule has 106 valence electrons. The van der Waals surface area contributed by atoms with E-state index in [1.165, 1.54) is 18.5 Å². The van der Waals surface area contributed by atoms with Crippen LogP contribution in [0.15, 0.2) is 24.3 Å². The van der Waals surface area contributed by atoms with Gasteiger partial charge in [-0.2, -0.15) is 0 Å². The van der Waals surface area contributed by atoms with E-state index in [1.54, 1.807) is 7.11 Å². The first kappa shape index (κ1) is 14.2. The van der Waals surface area contributed by atoms with Crippen molar-refractivity contribution >= 4 is 5.69 Å². The van der Waals surface area contributed by atoms with Crippen molar-refractivity contribution in [3.05, 3.63) is 24.3 Å². The Labute approximate surface area is 116 Å². The highest BCUT2D eigenvalue weighted by Crippen LogP contribution is 2.23. The summed E-state index contributed by atoms with van der Waals surface area (Å²) >= 11 is 0. The Kier molecular flexibility index (Phi) is 5.08. The molecule has 1 heterocycles. The Balaban J connectivity index is 2.11. The smallest absolute Gasteiger partial charge is 0.120 e. The van der Waals surface area contributed by atoms with Crippen LogP contribution < -0.4 is 15.0 Å². The molecule has 2 unspecified atom stereocenters. The van der Waals surface area contributed by atoms with Gasteiger partial charge in [0.25, 0.3) is 0 Å². The van der Waals surface area contributed by atoms with Crippen LogP contribution in [0.25, 0.3) is 0 Å². The second kappa shape index (κ2) is 6.80. The first-order valence-corrected chi connectivity index (χ1v) is 7.35. The highest BCUT2D eigenvalue weighted by Gasteiger charge is 2.18. The predicted octanol–water partition coefficient (Wildman–Crippen LogP) is 2.91. The molecule has 0 radical (unpaired) electrons. The van der Waals surface area contributed by atoms with E-state index in [1.807, 2.05) is 6.07 Å². The molecule has 0 amide bonds. The standard InChI is InChI=1S/C16H26N2O/c1-4-14-8-9-18(12-13(2)11-17-14)15-6-5-7-16(10-15)19-3/h5-7,10,13-14,17H,4,8-9,11-12H2,1-3H3. The molecule has 2 atom stereocenters. The van der Waals surface area contributed by atoms with E-state index in [0.29, 0.717) is 12.0 Å². The van der Waals surface area contributed by atoms with Crippen molar-refractivity contribution in [3.63, 3.8) is 0 Å². The molecule has 19 heavy (non-hydrogen) atoms. The van der Waals surface area contributed by atoms with Gasteiger partial charge in [-0.25, -0.2) is 0 Å². The topological polar surface area (TPSA) is 24.5 Å². The molecule has 2 rings (SSSR count). The highest BCUT2D eigenvalue weighted by atomic mass is 16.5. The van der Waals surface area contributed by atoms with Crippen molar-refractivity contribution in [3.8, 4) is 5.75 Å². The number of nitrogens with zero attached hydrogens (tertiary/aromatic N) is 1. The van der Waals surface area contributed by atoms with Crippen LogP contribution in [0.4, 0.5) is 5.69 Å². The lowest BCUT2D eigenvalue weighted by atomic mass is 10.0. The second-order valence-corrected chi connectivity index (χ2v) is 5.55. The van der Waals surface area contributed by atoms with Gasteiger partial charge >= 0.3 is 0 Å². The molecule has 0 saturated carbocycles. The SMILES string of the molecule is CCC1CCN(c2cccc(OC)c2)CC(C)CN1. The van der Waals surface area contributed by atoms with Crippen LogP contribution >= 0.6 is 0 Å². The van der Waals surface area contributed by atoms with Crippen molar-refractivity contribution in [2.75, 3.05) is 31.6 Å². The number of benzene rings is 1. The number of nitrogens with one attached hydrogen (secondary N) is 1. The van der Waals surface area contributed by atoms with Gasteiger partial charge < -0.3 is 15.0 Å². The predicted molar refractivity (Wildman–Crippen MR) is 81.1 cm³/mol. The number of rotatable bonds is 3. The van der Waals surface area contributed by atoms with E-state index in [2.05, 4.69) is 42.3 Å². The molecule has 1 fully saturated rings. The van der Waals surface area contributed by atoms with Crippen molar-refractivity contribution in [2.45, 2.75) is 32.7 Å². The van der Waals surface area contributed by atoms with Gasteiger partial charge in [-0.1, -0.05) is 19.9 Å². The zero-order chi connectivity index (χ0) is 13.7. The zero-order valence-corrected chi connectivity index (χ0v) is 12.4. The highest BCUT2D eigenvalue weighted by molar-refractivity contribution is 5.50. The number of methoxy groups -OCH3 is 1. The largest absolute Gasteiger partial charge is 0.497 e. The molecule has 0 aromatic heterocycles. The quantitative estimate of drug-likeness (QED) is 0.906. The maximum absolute atomic E-state index is 5.33. The van der Waals surface area contributed by atoms with Crippen LogP contribution in [0, 0.1) is 5.92 Å². The summed E-state index contributed by atoms with van der Waals surface area (Å²) in [5.41, 5.74) is 1.28. The van der Waals surface area contributed by atoms with Crippen LogP contribution in [-0.2, 0) is 0 Å². The van der Waals surface area contributed by atoms with Crippen molar-refractivity contribution < 1.29 is 4.74 Å². The third-order valence-electron chi connectivity index (χ3n) is 3.95. The Hall–Kier alpha value is -1.22. The van der Waals surface area contributed by atoms with E-state index in [-0.39, 0.29) is 0 Å². The third kappa shape index (κ3) is 3.87. The molecule has 1 saturated heterocycles. The average Bonchev–Trinajstić information content (AvgIpc) is 2.43. The molecule has 1 aliphatic rings. The minimum absolute atomic E-state index is 0.649. The second-order valence-electron chi connectivity index (χ2n) is 5.55. The van der Waals surface area contributed by atoms with E-state index < -0.39 is 0 Å². The van der Waals surface area contributed by atoms with E-state index in [9.17, 15) is 0 Å². The molecular weight excluding hydrogens is 236 g/mol. The van der Waals surface area contributed by atoms with Gasteiger partial charge in [-0.3, -0.25) is 0 Å². The van der Waals surface area contributed by atoms with E-state index in [0.717, 1.165) is 25.4 Å². The molecular formula is C16H26N2O. The summed E-state index contributed by atoms with van der Waals surface area (Å²) in [5.74, 6) is 1.61. The number of ether oxygens (including phenoxy) is 1. The van der Waals surface area contributed by atoms with Crippen LogP contribution in [0.2, 0.25) is 0 Å². The fraction of sp³-hybridized carbons (Fsp3) is 0.625. The van der Waals surface area contributed by atoms with Crippen molar-refractivity contribution in [1.82, 2.24) is 5.32 Å². The van der Waals surface area contributed by atoms with E-state index in [4.69, 9.17) is 4.74 Å². The minimum atomic E-state index is 0.649. The molecule has 1 aromatic carbocycles. The summed E-state index contributed by atoms with van der Waals surface area (Å²) < 4.78 is 5.33. The maximum atomic E-state index is 5.33. The van der Waals surface area contributed by atoms with Crippen LogP contribution in [0.1, 0.15) is 26.7 Å². The summed E-state index contributed by atoms with van der Waals surface area (Å²) in [6.07, 6.45) is 2.42. The lowest BCUT2D eigenvalue weighted by Crippen LogP contribution is -2.43. The Morgan fingerprint density at radius 1 is 1.42 bits per heavy atom. The van der Waals surface area contributed by atoms with Gasteiger partial charge in [-0.15, -0.1) is 0 Å². The van der Waals surface area contributed by atoms with Gasteiger partial charge in [0.05, 0.1) is 7.11 Å². The maximum Gasteiger partial charge on any atom is 0.120 e. The number of anilines is 1. The summed E-state index contributed by atoms with van der Waals surface area (Å²) in [6, 6.07) is 9.06. The molecule has 0 spiro atoms. The molecule has 0 bridgehead atoms. The Bertz CT molecular complexity index is 394. The van der Waals surface area contributed by atoms with Gasteiger partial charge in [0.15, 0.2) is 0 Å². The van der Waals surface area contributed by atoms with Crippen LogP contribution in [0.5, 0.6) is 5.75 Å². The van der Waals surface area contributed by atoms with Gasteiger partial charge in [0, 0.05) is 30.9 Å². The third-order valence-corrected chi connectivity index (χ3v) is 3.95. The molecule has 1 aliphatic heterocycles. The van der Waals surface area contributed by atoms with Crippen LogP contribution in [-0.4, -0.2) is 32.8 Å². The summed E-state index contributed by atoms with van der Waals surface area (Å²) in [6.45, 7) is 7.91. The van der Waals surface area contributed by atoms with Gasteiger partial charge in [-0.05, 0) is 37.4 Å². The van der Waals surface area contributed by atoms with Crippen LogP contribution in [0.3, 0.4) is 0 Å². The fourth-order valence-electron chi connectivity index (χ4n) is 2.70. The molecule has 3 heteroatoms. The van der Waals surface area contributed by atoms with E-state index >= 15 is 0 Å². The zero-order valence-electron chi connectivity index (χ0n) is 12.4. The lowest BCUT2D eigenvalue weighted by Gasteiger charge is -2.33. The number of hydrogen-bond donors (Lipinski definition) is 1. The lowest BCUT2D eigenvalue weighted by molar-refractivity contribution is 0.387. The Morgan fingerprint density at radius 2 is 2.26 bits per heavy atom. The normalized spacial score (nSPS) is 24.7. The first-order valence-electron chi connectivity index (χ1n) is 7.35. The molecule has 3 nitrogen and oxygen atoms in total. The monoisotopic (exact) mass is 262 g/mol. The van der Waals surface area contributed by atoms with Crippen molar-refractivity contribution in [1.29, 1.82) is 0 Å². The summed E-state index contributed by atoms with van der Waals surface area (Å²) in [5, 5.41) is 3.66. The molecule has 1 aromatic rings. The van der Waals surface area contributed by atoms with Gasteiger partial charge in [0.2, 0.25) is 0 Å².